The second-order valence-electron chi connectivity index (χ2n) is 5.71. The molecule has 0 spiro atoms. The molecular formula is C15H22INS2. The van der Waals surface area contributed by atoms with E-state index < -0.39 is 0 Å². The van der Waals surface area contributed by atoms with Crippen LogP contribution in [0.15, 0.2) is 6.07 Å². The Bertz CT molecular complexity index is 432. The highest BCUT2D eigenvalue weighted by molar-refractivity contribution is 14.1. The minimum Gasteiger partial charge on any atom is -0.306 e. The molecule has 1 N–H and O–H groups in total. The fourth-order valence-corrected chi connectivity index (χ4v) is 6.59. The lowest BCUT2D eigenvalue weighted by molar-refractivity contribution is 0.330. The summed E-state index contributed by atoms with van der Waals surface area (Å²) in [6.07, 6.45) is 11.9. The van der Waals surface area contributed by atoms with E-state index in [0.29, 0.717) is 6.04 Å². The first-order chi connectivity index (χ1) is 9.28. The molecule has 0 aliphatic heterocycles. The van der Waals surface area contributed by atoms with Crippen molar-refractivity contribution in [2.75, 3.05) is 6.26 Å². The maximum Gasteiger partial charge on any atom is 0.0659 e. The zero-order chi connectivity index (χ0) is 13.2. The van der Waals surface area contributed by atoms with Crippen LogP contribution in [0.25, 0.3) is 0 Å². The average Bonchev–Trinajstić information content (AvgIpc) is 2.81. The Labute approximate surface area is 138 Å². The van der Waals surface area contributed by atoms with Crippen LogP contribution in [-0.2, 0) is 6.42 Å². The fourth-order valence-electron chi connectivity index (χ4n) is 3.52. The Kier molecular flexibility index (Phi) is 5.15. The van der Waals surface area contributed by atoms with Crippen LogP contribution >= 0.6 is 45.7 Å². The summed E-state index contributed by atoms with van der Waals surface area (Å²) in [7, 11) is 0. The van der Waals surface area contributed by atoms with E-state index in [-0.39, 0.29) is 0 Å². The first kappa shape index (κ1) is 14.7. The number of fused-ring (bicyclic) bond motifs is 1. The van der Waals surface area contributed by atoms with E-state index in [9.17, 15) is 0 Å². The number of hydrogen-bond acceptors (Lipinski definition) is 3. The number of nitrogens with one attached hydrogen (secondary N) is 1. The van der Waals surface area contributed by atoms with E-state index in [1.807, 2.05) is 11.3 Å². The number of aryl methyl sites for hydroxylation is 1. The lowest BCUT2D eigenvalue weighted by Crippen LogP contribution is -2.43. The molecular weight excluding hydrogens is 385 g/mol. The van der Waals surface area contributed by atoms with Crippen molar-refractivity contribution in [2.45, 2.75) is 62.3 Å². The van der Waals surface area contributed by atoms with E-state index >= 15 is 0 Å². The summed E-state index contributed by atoms with van der Waals surface area (Å²) in [6, 6.07) is 3.78. The molecule has 0 radical (unpaired) electrons. The van der Waals surface area contributed by atoms with Gasteiger partial charge in [-0.1, -0.05) is 12.8 Å². The van der Waals surface area contributed by atoms with E-state index in [2.05, 4.69) is 52.0 Å². The van der Waals surface area contributed by atoms with Crippen LogP contribution in [0, 0.1) is 2.88 Å². The summed E-state index contributed by atoms with van der Waals surface area (Å²) in [5.41, 5.74) is 1.62. The van der Waals surface area contributed by atoms with Crippen LogP contribution in [0.2, 0.25) is 0 Å². The van der Waals surface area contributed by atoms with E-state index in [0.717, 1.165) is 11.3 Å². The van der Waals surface area contributed by atoms with Gasteiger partial charge in [-0.15, -0.1) is 11.3 Å². The van der Waals surface area contributed by atoms with Crippen molar-refractivity contribution in [3.8, 4) is 0 Å². The summed E-state index contributed by atoms with van der Waals surface area (Å²) in [5.74, 6) is 0. The quantitative estimate of drug-likeness (QED) is 0.709. The van der Waals surface area contributed by atoms with Gasteiger partial charge >= 0.3 is 0 Å². The molecule has 0 bridgehead atoms. The van der Waals surface area contributed by atoms with E-state index in [1.54, 1.807) is 10.4 Å². The molecule has 1 saturated carbocycles. The number of halogens is 1. The van der Waals surface area contributed by atoms with Crippen molar-refractivity contribution < 1.29 is 0 Å². The molecule has 3 unspecified atom stereocenters. The molecule has 0 aromatic carbocycles. The third-order valence-corrected chi connectivity index (χ3v) is 7.65. The standard InChI is InChI=1S/C15H22INS2/c1-18-14-7-3-2-5-12(14)17-11-6-4-8-13-10(11)9-15(16)19-13/h9,11-12,14,17H,2-8H2,1H3. The first-order valence-corrected chi connectivity index (χ1v) is 10.5. The highest BCUT2D eigenvalue weighted by Crippen LogP contribution is 2.38. The van der Waals surface area contributed by atoms with Gasteiger partial charge in [-0.3, -0.25) is 0 Å². The summed E-state index contributed by atoms with van der Waals surface area (Å²) in [6.45, 7) is 0. The minimum absolute atomic E-state index is 0.626. The second kappa shape index (κ2) is 6.67. The SMILES string of the molecule is CSC1CCCCC1NC1CCCc2sc(I)cc21. The molecule has 2 aliphatic rings. The largest absolute Gasteiger partial charge is 0.306 e. The summed E-state index contributed by atoms with van der Waals surface area (Å²) in [5, 5.41) is 4.84. The first-order valence-electron chi connectivity index (χ1n) is 7.35. The van der Waals surface area contributed by atoms with Gasteiger partial charge < -0.3 is 5.32 Å². The predicted molar refractivity (Wildman–Crippen MR) is 95.4 cm³/mol. The molecule has 2 aliphatic carbocycles. The van der Waals surface area contributed by atoms with Crippen LogP contribution < -0.4 is 5.32 Å². The predicted octanol–water partition coefficient (Wildman–Crippen LogP) is 4.99. The molecule has 3 rings (SSSR count). The molecule has 106 valence electrons. The molecule has 1 aromatic heterocycles. The van der Waals surface area contributed by atoms with Gasteiger partial charge in [-0.05, 0) is 72.6 Å². The van der Waals surface area contributed by atoms with Gasteiger partial charge in [0.15, 0.2) is 0 Å². The van der Waals surface area contributed by atoms with Crippen LogP contribution in [0.4, 0.5) is 0 Å². The van der Waals surface area contributed by atoms with Crippen molar-refractivity contribution in [3.05, 3.63) is 19.4 Å². The van der Waals surface area contributed by atoms with Crippen molar-refractivity contribution in [1.82, 2.24) is 5.32 Å². The summed E-state index contributed by atoms with van der Waals surface area (Å²) in [4.78, 5) is 1.64. The number of thiophene rings is 1. The van der Waals surface area contributed by atoms with Crippen LogP contribution in [0.3, 0.4) is 0 Å². The van der Waals surface area contributed by atoms with Crippen molar-refractivity contribution in [2.24, 2.45) is 0 Å². The summed E-state index contributed by atoms with van der Waals surface area (Å²) >= 11 is 6.55. The van der Waals surface area contributed by atoms with Gasteiger partial charge in [-0.25, -0.2) is 0 Å². The van der Waals surface area contributed by atoms with Gasteiger partial charge in [0.1, 0.15) is 0 Å². The average molecular weight is 407 g/mol. The molecule has 1 heterocycles. The van der Waals surface area contributed by atoms with E-state index in [4.69, 9.17) is 0 Å². The van der Waals surface area contributed by atoms with Crippen molar-refractivity contribution >= 4 is 45.7 Å². The topological polar surface area (TPSA) is 12.0 Å². The van der Waals surface area contributed by atoms with Gasteiger partial charge in [0.05, 0.1) is 2.88 Å². The Morgan fingerprint density at radius 3 is 2.95 bits per heavy atom. The number of thioether (sulfide) groups is 1. The Balaban J connectivity index is 1.73. The monoisotopic (exact) mass is 407 g/mol. The molecule has 3 atom stereocenters. The van der Waals surface area contributed by atoms with Gasteiger partial charge in [0, 0.05) is 22.2 Å². The number of hydrogen-bond donors (Lipinski definition) is 1. The van der Waals surface area contributed by atoms with Gasteiger partial charge in [0.25, 0.3) is 0 Å². The number of rotatable bonds is 3. The minimum atomic E-state index is 0.626. The third kappa shape index (κ3) is 3.33. The Morgan fingerprint density at radius 1 is 1.26 bits per heavy atom. The Hall–Kier alpha value is 0.740. The molecule has 19 heavy (non-hydrogen) atoms. The normalized spacial score (nSPS) is 31.2. The zero-order valence-electron chi connectivity index (χ0n) is 11.5. The maximum absolute atomic E-state index is 4.01. The fraction of sp³-hybridized carbons (Fsp3) is 0.733. The molecule has 0 amide bonds. The molecule has 1 aromatic rings. The second-order valence-corrected chi connectivity index (χ2v) is 9.81. The molecule has 1 fully saturated rings. The lowest BCUT2D eigenvalue weighted by atomic mass is 9.90. The van der Waals surface area contributed by atoms with Crippen LogP contribution in [0.1, 0.15) is 55.0 Å². The van der Waals surface area contributed by atoms with Crippen molar-refractivity contribution in [1.29, 1.82) is 0 Å². The highest BCUT2D eigenvalue weighted by atomic mass is 127. The van der Waals surface area contributed by atoms with Crippen molar-refractivity contribution in [3.63, 3.8) is 0 Å². The van der Waals surface area contributed by atoms with Crippen LogP contribution in [-0.4, -0.2) is 17.5 Å². The third-order valence-electron chi connectivity index (χ3n) is 4.50. The van der Waals surface area contributed by atoms with Gasteiger partial charge in [-0.2, -0.15) is 11.8 Å². The maximum atomic E-state index is 4.01. The Morgan fingerprint density at radius 2 is 2.11 bits per heavy atom. The molecule has 0 saturated heterocycles. The van der Waals surface area contributed by atoms with Gasteiger partial charge in [0.2, 0.25) is 0 Å². The lowest BCUT2D eigenvalue weighted by Gasteiger charge is -2.35. The summed E-state index contributed by atoms with van der Waals surface area (Å²) < 4.78 is 1.46. The van der Waals surface area contributed by atoms with Crippen LogP contribution in [0.5, 0.6) is 0 Å². The zero-order valence-corrected chi connectivity index (χ0v) is 15.2. The molecule has 4 heteroatoms. The highest BCUT2D eigenvalue weighted by Gasteiger charge is 2.29. The smallest absolute Gasteiger partial charge is 0.0659 e. The molecule has 1 nitrogen and oxygen atoms in total. The van der Waals surface area contributed by atoms with E-state index in [1.165, 1.54) is 47.8 Å².